The van der Waals surface area contributed by atoms with Crippen molar-refractivity contribution in [3.8, 4) is 11.5 Å². The average molecular weight is 295 g/mol. The highest BCUT2D eigenvalue weighted by Gasteiger charge is 2.30. The van der Waals surface area contributed by atoms with Crippen LogP contribution in [0.5, 0.6) is 0 Å². The van der Waals surface area contributed by atoms with E-state index in [1.807, 2.05) is 20.8 Å². The van der Waals surface area contributed by atoms with E-state index in [-0.39, 0.29) is 17.2 Å². The number of halogens is 2. The molecule has 0 bridgehead atoms. The van der Waals surface area contributed by atoms with Crippen molar-refractivity contribution < 1.29 is 22.7 Å². The number of carbonyl (C=O) groups excluding carboxylic acids is 1. The van der Waals surface area contributed by atoms with Gasteiger partial charge in [-0.2, -0.15) is 0 Å². The molecule has 2 aromatic rings. The van der Waals surface area contributed by atoms with Gasteiger partial charge >= 0.3 is 5.97 Å². The number of ether oxygens (including phenoxy) is 1. The van der Waals surface area contributed by atoms with Crippen molar-refractivity contribution >= 4 is 5.97 Å². The lowest BCUT2D eigenvalue weighted by Gasteiger charge is -2.15. The number of hydrogen-bond donors (Lipinski definition) is 0. The first-order chi connectivity index (χ1) is 9.74. The van der Waals surface area contributed by atoms with E-state index in [0.29, 0.717) is 5.69 Å². The standard InChI is InChI=1S/C15H15F2NO3/c1-15(2,3)12-11(14(19)20-4)21-13(18-12)9-7-8(16)5-6-10(9)17/h5-7H,1-4H3. The molecular weight excluding hydrogens is 280 g/mol. The van der Waals surface area contributed by atoms with Gasteiger partial charge in [0.1, 0.15) is 17.3 Å². The predicted octanol–water partition coefficient (Wildman–Crippen LogP) is 3.70. The van der Waals surface area contributed by atoms with Gasteiger partial charge in [-0.3, -0.25) is 0 Å². The van der Waals surface area contributed by atoms with Crippen LogP contribution in [0.1, 0.15) is 37.0 Å². The van der Waals surface area contributed by atoms with Gasteiger partial charge < -0.3 is 9.15 Å². The zero-order valence-corrected chi connectivity index (χ0v) is 12.2. The van der Waals surface area contributed by atoms with E-state index < -0.39 is 23.0 Å². The molecule has 4 nitrogen and oxygen atoms in total. The van der Waals surface area contributed by atoms with Crippen LogP contribution in [0.2, 0.25) is 0 Å². The van der Waals surface area contributed by atoms with E-state index in [0.717, 1.165) is 18.2 Å². The molecular formula is C15H15F2NO3. The Kier molecular flexibility index (Phi) is 3.80. The van der Waals surface area contributed by atoms with Gasteiger partial charge in [0.05, 0.1) is 12.7 Å². The molecule has 112 valence electrons. The first-order valence-electron chi connectivity index (χ1n) is 6.29. The van der Waals surface area contributed by atoms with E-state index in [4.69, 9.17) is 4.42 Å². The van der Waals surface area contributed by atoms with Gasteiger partial charge in [0, 0.05) is 5.41 Å². The van der Waals surface area contributed by atoms with Crippen LogP contribution in [0.15, 0.2) is 22.6 Å². The van der Waals surface area contributed by atoms with Crippen LogP contribution in [-0.2, 0) is 10.2 Å². The molecule has 2 rings (SSSR count). The van der Waals surface area contributed by atoms with Crippen molar-refractivity contribution in [3.05, 3.63) is 41.3 Å². The normalized spacial score (nSPS) is 11.5. The predicted molar refractivity (Wildman–Crippen MR) is 71.9 cm³/mol. The summed E-state index contributed by atoms with van der Waals surface area (Å²) >= 11 is 0. The highest BCUT2D eigenvalue weighted by atomic mass is 19.1. The van der Waals surface area contributed by atoms with Crippen LogP contribution in [-0.4, -0.2) is 18.1 Å². The molecule has 0 amide bonds. The monoisotopic (exact) mass is 295 g/mol. The molecule has 0 atom stereocenters. The Morgan fingerprint density at radius 2 is 1.95 bits per heavy atom. The zero-order valence-electron chi connectivity index (χ0n) is 12.2. The van der Waals surface area contributed by atoms with E-state index in [1.54, 1.807) is 0 Å². The molecule has 0 saturated heterocycles. The Labute approximate surface area is 120 Å². The number of rotatable bonds is 2. The largest absolute Gasteiger partial charge is 0.463 e. The molecule has 0 unspecified atom stereocenters. The van der Waals surface area contributed by atoms with Crippen molar-refractivity contribution in [2.45, 2.75) is 26.2 Å². The number of oxazole rings is 1. The van der Waals surface area contributed by atoms with Crippen LogP contribution < -0.4 is 0 Å². The molecule has 21 heavy (non-hydrogen) atoms. The smallest absolute Gasteiger partial charge is 0.376 e. The number of methoxy groups -OCH3 is 1. The molecule has 0 aliphatic rings. The first kappa shape index (κ1) is 15.2. The average Bonchev–Trinajstić information content (AvgIpc) is 2.85. The summed E-state index contributed by atoms with van der Waals surface area (Å²) in [6.45, 7) is 5.47. The van der Waals surface area contributed by atoms with Gasteiger partial charge in [-0.25, -0.2) is 18.6 Å². The van der Waals surface area contributed by atoms with Crippen LogP contribution >= 0.6 is 0 Å². The zero-order chi connectivity index (χ0) is 15.8. The Hall–Kier alpha value is -2.24. The molecule has 1 heterocycles. The topological polar surface area (TPSA) is 52.3 Å². The highest BCUT2D eigenvalue weighted by molar-refractivity contribution is 5.88. The number of nitrogens with zero attached hydrogens (tertiary/aromatic N) is 1. The van der Waals surface area contributed by atoms with Crippen LogP contribution in [0.4, 0.5) is 8.78 Å². The fraction of sp³-hybridized carbons (Fsp3) is 0.333. The molecule has 0 aliphatic heterocycles. The van der Waals surface area contributed by atoms with Gasteiger partial charge in [0.25, 0.3) is 0 Å². The van der Waals surface area contributed by atoms with E-state index in [1.165, 1.54) is 7.11 Å². The lowest BCUT2D eigenvalue weighted by atomic mass is 9.91. The van der Waals surface area contributed by atoms with Crippen molar-refractivity contribution in [1.82, 2.24) is 4.98 Å². The molecule has 1 aromatic carbocycles. The number of aromatic nitrogens is 1. The fourth-order valence-corrected chi connectivity index (χ4v) is 1.84. The molecule has 0 fully saturated rings. The quantitative estimate of drug-likeness (QED) is 0.793. The maximum Gasteiger partial charge on any atom is 0.376 e. The van der Waals surface area contributed by atoms with E-state index >= 15 is 0 Å². The third kappa shape index (κ3) is 2.94. The van der Waals surface area contributed by atoms with Crippen molar-refractivity contribution in [2.24, 2.45) is 0 Å². The van der Waals surface area contributed by atoms with E-state index in [9.17, 15) is 13.6 Å². The second kappa shape index (κ2) is 5.27. The maximum absolute atomic E-state index is 13.8. The number of carbonyl (C=O) groups is 1. The van der Waals surface area contributed by atoms with E-state index in [2.05, 4.69) is 9.72 Å². The highest BCUT2D eigenvalue weighted by Crippen LogP contribution is 2.31. The third-order valence-corrected chi connectivity index (χ3v) is 2.87. The Bertz CT molecular complexity index is 687. The molecule has 1 aromatic heterocycles. The van der Waals surface area contributed by atoms with Crippen LogP contribution in [0.3, 0.4) is 0 Å². The molecule has 0 saturated carbocycles. The summed E-state index contributed by atoms with van der Waals surface area (Å²) in [5.41, 5.74) is -0.335. The molecule has 0 spiro atoms. The van der Waals surface area contributed by atoms with Crippen LogP contribution in [0, 0.1) is 11.6 Å². The number of benzene rings is 1. The second-order valence-electron chi connectivity index (χ2n) is 5.56. The lowest BCUT2D eigenvalue weighted by Crippen LogP contribution is -2.17. The summed E-state index contributed by atoms with van der Waals surface area (Å²) < 4.78 is 37.0. The SMILES string of the molecule is COC(=O)c1oc(-c2cc(F)ccc2F)nc1C(C)(C)C. The van der Waals surface area contributed by atoms with Crippen molar-refractivity contribution in [3.63, 3.8) is 0 Å². The van der Waals surface area contributed by atoms with Gasteiger partial charge in [0.15, 0.2) is 0 Å². The second-order valence-corrected chi connectivity index (χ2v) is 5.56. The van der Waals surface area contributed by atoms with Gasteiger partial charge in [-0.15, -0.1) is 0 Å². The number of hydrogen-bond acceptors (Lipinski definition) is 4. The summed E-state index contributed by atoms with van der Waals surface area (Å²) in [7, 11) is 1.21. The first-order valence-corrected chi connectivity index (χ1v) is 6.29. The molecule has 0 radical (unpaired) electrons. The van der Waals surface area contributed by atoms with Crippen LogP contribution in [0.25, 0.3) is 11.5 Å². The lowest BCUT2D eigenvalue weighted by molar-refractivity contribution is 0.0562. The summed E-state index contributed by atoms with van der Waals surface area (Å²) in [6, 6.07) is 2.94. The minimum atomic E-state index is -0.713. The third-order valence-electron chi connectivity index (χ3n) is 2.87. The van der Waals surface area contributed by atoms with Gasteiger partial charge in [-0.05, 0) is 18.2 Å². The minimum absolute atomic E-state index is 0.108. The number of esters is 1. The van der Waals surface area contributed by atoms with Crippen molar-refractivity contribution in [2.75, 3.05) is 7.11 Å². The summed E-state index contributed by atoms with van der Waals surface area (Å²) in [6.07, 6.45) is 0. The summed E-state index contributed by atoms with van der Waals surface area (Å²) in [4.78, 5) is 15.9. The Morgan fingerprint density at radius 1 is 1.29 bits per heavy atom. The molecule has 6 heteroatoms. The summed E-state index contributed by atoms with van der Waals surface area (Å²) in [5.74, 6) is -2.28. The molecule has 0 aliphatic carbocycles. The van der Waals surface area contributed by atoms with Gasteiger partial charge in [0.2, 0.25) is 11.7 Å². The maximum atomic E-state index is 13.8. The minimum Gasteiger partial charge on any atom is -0.463 e. The molecule has 0 N–H and O–H groups in total. The van der Waals surface area contributed by atoms with Crippen molar-refractivity contribution in [1.29, 1.82) is 0 Å². The Balaban J connectivity index is 2.64. The van der Waals surface area contributed by atoms with Gasteiger partial charge in [-0.1, -0.05) is 20.8 Å². The fourth-order valence-electron chi connectivity index (χ4n) is 1.84. The Morgan fingerprint density at radius 3 is 2.52 bits per heavy atom. The summed E-state index contributed by atoms with van der Waals surface area (Å²) in [5, 5.41) is 0.